The van der Waals surface area contributed by atoms with Gasteiger partial charge >= 0.3 is 5.97 Å². The van der Waals surface area contributed by atoms with E-state index in [1.165, 1.54) is 13.2 Å². The van der Waals surface area contributed by atoms with Crippen molar-refractivity contribution < 1.29 is 14.5 Å². The summed E-state index contributed by atoms with van der Waals surface area (Å²) in [6.45, 7) is 0. The van der Waals surface area contributed by atoms with E-state index in [1.54, 1.807) is 23.9 Å². The Morgan fingerprint density at radius 2 is 2.24 bits per heavy atom. The van der Waals surface area contributed by atoms with E-state index in [-0.39, 0.29) is 22.1 Å². The molecular weight excluding hydrogens is 314 g/mol. The lowest BCUT2D eigenvalue weighted by Crippen LogP contribution is -2.13. The Hall–Kier alpha value is -1.27. The lowest BCUT2D eigenvalue weighted by molar-refractivity contribution is -0.384. The number of hydrogen-bond donors (Lipinski definition) is 0. The van der Waals surface area contributed by atoms with Crippen molar-refractivity contribution >= 4 is 35.0 Å². The van der Waals surface area contributed by atoms with Gasteiger partial charge in [0.2, 0.25) is 0 Å². The van der Waals surface area contributed by atoms with E-state index >= 15 is 0 Å². The number of ether oxygens (including phenoxy) is 1. The number of methoxy groups -OCH3 is 1. The van der Waals surface area contributed by atoms with Crippen LogP contribution in [0.1, 0.15) is 24.8 Å². The Balaban J connectivity index is 1.88. The molecule has 0 heterocycles. The molecule has 1 aliphatic carbocycles. The third kappa shape index (κ3) is 4.35. The molecule has 1 fully saturated rings. The third-order valence-corrected chi connectivity index (χ3v) is 5.26. The lowest BCUT2D eigenvalue weighted by atomic mass is 10.1. The summed E-state index contributed by atoms with van der Waals surface area (Å²) >= 11 is 7.46. The lowest BCUT2D eigenvalue weighted by Gasteiger charge is -2.13. The third-order valence-electron chi connectivity index (χ3n) is 3.59. The normalized spacial score (nSPS) is 15.5. The molecule has 7 heteroatoms. The van der Waals surface area contributed by atoms with Crippen LogP contribution in [0.3, 0.4) is 0 Å². The molecule has 0 spiro atoms. The Labute approximate surface area is 132 Å². The number of hydrogen-bond acceptors (Lipinski definition) is 5. The van der Waals surface area contributed by atoms with Gasteiger partial charge in [-0.3, -0.25) is 14.9 Å². The fraction of sp³-hybridized carbons (Fsp3) is 0.500. The molecule has 21 heavy (non-hydrogen) atoms. The number of benzene rings is 1. The van der Waals surface area contributed by atoms with E-state index in [4.69, 9.17) is 16.3 Å². The molecule has 0 radical (unpaired) electrons. The summed E-state index contributed by atoms with van der Waals surface area (Å²) in [7, 11) is 1.40. The van der Waals surface area contributed by atoms with E-state index in [2.05, 4.69) is 0 Å². The van der Waals surface area contributed by atoms with Gasteiger partial charge in [0.1, 0.15) is 5.02 Å². The molecule has 0 aliphatic heterocycles. The zero-order valence-electron chi connectivity index (χ0n) is 11.6. The number of esters is 1. The van der Waals surface area contributed by atoms with Crippen molar-refractivity contribution in [3.05, 3.63) is 38.9 Å². The molecule has 0 bridgehead atoms. The number of rotatable bonds is 7. The Kier molecular flexibility index (Phi) is 5.11. The number of nitro benzene ring substituents is 1. The van der Waals surface area contributed by atoms with Crippen molar-refractivity contribution in [3.63, 3.8) is 0 Å². The molecule has 0 amide bonds. The van der Waals surface area contributed by atoms with Crippen LogP contribution in [0.25, 0.3) is 0 Å². The van der Waals surface area contributed by atoms with E-state index in [9.17, 15) is 14.9 Å². The summed E-state index contributed by atoms with van der Waals surface area (Å²) in [5.74, 6) is 1.36. The van der Waals surface area contributed by atoms with Gasteiger partial charge in [-0.25, -0.2) is 0 Å². The molecule has 0 saturated heterocycles. The van der Waals surface area contributed by atoms with Crippen molar-refractivity contribution in [1.82, 2.24) is 0 Å². The monoisotopic (exact) mass is 329 g/mol. The van der Waals surface area contributed by atoms with Gasteiger partial charge in [-0.05, 0) is 35.6 Å². The first kappa shape index (κ1) is 16.1. The average Bonchev–Trinajstić information content (AvgIpc) is 3.20. The molecule has 1 saturated carbocycles. The van der Waals surface area contributed by atoms with Gasteiger partial charge in [0.05, 0.1) is 18.5 Å². The van der Waals surface area contributed by atoms with Crippen LogP contribution < -0.4 is 0 Å². The van der Waals surface area contributed by atoms with E-state index in [1.807, 2.05) is 0 Å². The van der Waals surface area contributed by atoms with Crippen molar-refractivity contribution in [1.29, 1.82) is 0 Å². The zero-order valence-corrected chi connectivity index (χ0v) is 13.2. The Morgan fingerprint density at radius 1 is 1.52 bits per heavy atom. The van der Waals surface area contributed by atoms with Crippen molar-refractivity contribution in [3.8, 4) is 0 Å². The maximum atomic E-state index is 11.3. The standard InChI is InChI=1S/C14H16ClNO4S/c1-20-13(17)7-14(4-5-14)9-21-8-10-2-3-11(15)12(6-10)16(18)19/h2-3,6H,4-5,7-9H2,1H3. The maximum Gasteiger partial charge on any atom is 0.306 e. The molecule has 1 aromatic rings. The van der Waals surface area contributed by atoms with Crippen molar-refractivity contribution in [2.45, 2.75) is 25.0 Å². The highest BCUT2D eigenvalue weighted by Gasteiger charge is 2.44. The summed E-state index contributed by atoms with van der Waals surface area (Å²) in [5, 5.41) is 11.0. The van der Waals surface area contributed by atoms with Gasteiger partial charge in [0.25, 0.3) is 5.69 Å². The van der Waals surface area contributed by atoms with Crippen LogP contribution in [0.15, 0.2) is 18.2 Å². The number of nitrogens with zero attached hydrogens (tertiary/aromatic N) is 1. The largest absolute Gasteiger partial charge is 0.469 e. The Morgan fingerprint density at radius 3 is 2.81 bits per heavy atom. The topological polar surface area (TPSA) is 69.4 Å². The van der Waals surface area contributed by atoms with Gasteiger partial charge < -0.3 is 4.74 Å². The smallest absolute Gasteiger partial charge is 0.306 e. The molecular formula is C14H16ClNO4S. The van der Waals surface area contributed by atoms with Gasteiger partial charge in [-0.2, -0.15) is 11.8 Å². The Bertz CT molecular complexity index is 560. The molecule has 0 aromatic heterocycles. The first-order chi connectivity index (χ1) is 9.96. The van der Waals surface area contributed by atoms with Gasteiger partial charge in [0.15, 0.2) is 0 Å². The van der Waals surface area contributed by atoms with Crippen LogP contribution in [0.4, 0.5) is 5.69 Å². The van der Waals surface area contributed by atoms with Gasteiger partial charge in [-0.15, -0.1) is 0 Å². The van der Waals surface area contributed by atoms with Crippen LogP contribution in [-0.4, -0.2) is 23.8 Å². The number of nitro groups is 1. The highest BCUT2D eigenvalue weighted by Crippen LogP contribution is 2.51. The molecule has 0 atom stereocenters. The fourth-order valence-electron chi connectivity index (χ4n) is 2.10. The van der Waals surface area contributed by atoms with E-state index < -0.39 is 4.92 Å². The highest BCUT2D eigenvalue weighted by atomic mass is 35.5. The maximum absolute atomic E-state index is 11.3. The first-order valence-electron chi connectivity index (χ1n) is 6.53. The first-order valence-corrected chi connectivity index (χ1v) is 8.06. The van der Waals surface area contributed by atoms with Crippen LogP contribution in [0.2, 0.25) is 5.02 Å². The second kappa shape index (κ2) is 6.66. The fourth-order valence-corrected chi connectivity index (χ4v) is 3.63. The molecule has 2 rings (SSSR count). The number of carbonyl (C=O) groups excluding carboxylic acids is 1. The number of carbonyl (C=O) groups is 1. The minimum absolute atomic E-state index is 0.0644. The average molecular weight is 330 g/mol. The molecule has 1 aliphatic rings. The number of halogens is 1. The van der Waals surface area contributed by atoms with Crippen molar-refractivity contribution in [2.75, 3.05) is 12.9 Å². The molecule has 5 nitrogen and oxygen atoms in total. The second-order valence-electron chi connectivity index (χ2n) is 5.29. The minimum Gasteiger partial charge on any atom is -0.469 e. The highest BCUT2D eigenvalue weighted by molar-refractivity contribution is 7.98. The number of thioether (sulfide) groups is 1. The summed E-state index contributed by atoms with van der Waals surface area (Å²) in [6.07, 6.45) is 2.53. The molecule has 0 N–H and O–H groups in total. The predicted octanol–water partition coefficient (Wildman–Crippen LogP) is 3.82. The quantitative estimate of drug-likeness (QED) is 0.432. The van der Waals surface area contributed by atoms with E-state index in [0.717, 1.165) is 24.2 Å². The van der Waals surface area contributed by atoms with Crippen LogP contribution >= 0.6 is 23.4 Å². The summed E-state index contributed by atoms with van der Waals surface area (Å²) in [6, 6.07) is 4.86. The molecule has 1 aromatic carbocycles. The van der Waals surface area contributed by atoms with Crippen molar-refractivity contribution in [2.24, 2.45) is 5.41 Å². The zero-order chi connectivity index (χ0) is 15.5. The minimum atomic E-state index is -0.476. The summed E-state index contributed by atoms with van der Waals surface area (Å²) < 4.78 is 4.71. The second-order valence-corrected chi connectivity index (χ2v) is 6.68. The van der Waals surface area contributed by atoms with Crippen LogP contribution in [0, 0.1) is 15.5 Å². The van der Waals surface area contributed by atoms with E-state index in [0.29, 0.717) is 12.2 Å². The predicted molar refractivity (Wildman–Crippen MR) is 82.6 cm³/mol. The SMILES string of the molecule is COC(=O)CC1(CSCc2ccc(Cl)c([N+](=O)[O-])c2)CC1. The molecule has 0 unspecified atom stereocenters. The van der Waals surface area contributed by atoms with Crippen LogP contribution in [0.5, 0.6) is 0 Å². The summed E-state index contributed by atoms with van der Waals surface area (Å²) in [4.78, 5) is 21.7. The van der Waals surface area contributed by atoms with Gasteiger partial charge in [0, 0.05) is 11.8 Å². The summed E-state index contributed by atoms with van der Waals surface area (Å²) in [5.41, 5.74) is 0.867. The van der Waals surface area contributed by atoms with Gasteiger partial charge in [-0.1, -0.05) is 17.7 Å². The van der Waals surface area contributed by atoms with Crippen LogP contribution in [-0.2, 0) is 15.3 Å². The molecule has 114 valence electrons.